The summed E-state index contributed by atoms with van der Waals surface area (Å²) in [4.78, 5) is 19.5. The van der Waals surface area contributed by atoms with Crippen molar-refractivity contribution >= 4 is 16.3 Å². The lowest BCUT2D eigenvalue weighted by Crippen LogP contribution is -3.12. The first kappa shape index (κ1) is 14.6. The van der Waals surface area contributed by atoms with Gasteiger partial charge in [0.15, 0.2) is 4.96 Å². The van der Waals surface area contributed by atoms with E-state index < -0.39 is 0 Å². The summed E-state index contributed by atoms with van der Waals surface area (Å²) >= 11 is 1.52. The topological polar surface area (TPSA) is 48.0 Å². The molecule has 0 aliphatic carbocycles. The Labute approximate surface area is 137 Å². The zero-order valence-corrected chi connectivity index (χ0v) is 13.5. The van der Waals surface area contributed by atoms with E-state index >= 15 is 0 Å². The standard InChI is InChI=1S/C17H17N3O2S/c21-16-10-14(11-19-6-8-22-9-7-19)18-17-20(16)15(12-23-17)13-4-2-1-3-5-13/h1-5,10,12H,6-9,11H2/p+1. The lowest BCUT2D eigenvalue weighted by atomic mass is 10.2. The summed E-state index contributed by atoms with van der Waals surface area (Å²) < 4.78 is 7.09. The van der Waals surface area contributed by atoms with Crippen LogP contribution in [0.1, 0.15) is 5.69 Å². The van der Waals surface area contributed by atoms with Crippen LogP contribution >= 0.6 is 11.3 Å². The van der Waals surface area contributed by atoms with Gasteiger partial charge in [0.1, 0.15) is 25.3 Å². The molecule has 1 aliphatic rings. The third-order valence-electron chi connectivity index (χ3n) is 4.16. The maximum atomic E-state index is 12.6. The maximum Gasteiger partial charge on any atom is 0.259 e. The van der Waals surface area contributed by atoms with Gasteiger partial charge in [-0.25, -0.2) is 4.98 Å². The van der Waals surface area contributed by atoms with Crippen molar-refractivity contribution in [2.45, 2.75) is 6.54 Å². The van der Waals surface area contributed by atoms with E-state index in [2.05, 4.69) is 0 Å². The molecular weight excluding hydrogens is 310 g/mol. The molecule has 1 N–H and O–H groups in total. The highest BCUT2D eigenvalue weighted by Gasteiger charge is 2.17. The van der Waals surface area contributed by atoms with E-state index in [0.29, 0.717) is 0 Å². The lowest BCUT2D eigenvalue weighted by molar-refractivity contribution is -0.921. The number of benzene rings is 1. The molecule has 3 aromatic rings. The highest BCUT2D eigenvalue weighted by Crippen LogP contribution is 2.23. The fourth-order valence-electron chi connectivity index (χ4n) is 2.96. The summed E-state index contributed by atoms with van der Waals surface area (Å²) in [7, 11) is 0. The van der Waals surface area contributed by atoms with Crippen molar-refractivity contribution in [1.29, 1.82) is 0 Å². The summed E-state index contributed by atoms with van der Waals surface area (Å²) in [6.07, 6.45) is 0. The predicted octanol–water partition coefficient (Wildman–Crippen LogP) is 0.838. The Bertz CT molecular complexity index is 866. The van der Waals surface area contributed by atoms with Crippen LogP contribution in [0, 0.1) is 0 Å². The number of ether oxygens (including phenoxy) is 1. The predicted molar refractivity (Wildman–Crippen MR) is 90.0 cm³/mol. The Morgan fingerprint density at radius 3 is 2.78 bits per heavy atom. The molecule has 0 atom stereocenters. The van der Waals surface area contributed by atoms with Crippen molar-refractivity contribution < 1.29 is 9.64 Å². The number of nitrogens with zero attached hydrogens (tertiary/aromatic N) is 2. The maximum absolute atomic E-state index is 12.6. The van der Waals surface area contributed by atoms with Gasteiger partial charge >= 0.3 is 0 Å². The van der Waals surface area contributed by atoms with Crippen molar-refractivity contribution in [2.24, 2.45) is 0 Å². The summed E-state index contributed by atoms with van der Waals surface area (Å²) in [6, 6.07) is 11.6. The molecule has 23 heavy (non-hydrogen) atoms. The first-order valence-electron chi connectivity index (χ1n) is 7.78. The van der Waals surface area contributed by atoms with Gasteiger partial charge < -0.3 is 9.64 Å². The van der Waals surface area contributed by atoms with Crippen LogP contribution in [0.2, 0.25) is 0 Å². The summed E-state index contributed by atoms with van der Waals surface area (Å²) in [5, 5.41) is 2.00. The van der Waals surface area contributed by atoms with E-state index in [-0.39, 0.29) is 5.56 Å². The van der Waals surface area contributed by atoms with Crippen LogP contribution in [0.25, 0.3) is 16.2 Å². The SMILES string of the molecule is O=c1cc(C[NH+]2CCOCC2)nc2scc(-c3ccccc3)n12. The second-order valence-electron chi connectivity index (χ2n) is 5.73. The Morgan fingerprint density at radius 2 is 2.00 bits per heavy atom. The molecule has 1 saturated heterocycles. The highest BCUT2D eigenvalue weighted by atomic mass is 32.1. The van der Waals surface area contributed by atoms with Crippen LogP contribution < -0.4 is 10.5 Å². The summed E-state index contributed by atoms with van der Waals surface area (Å²) in [5.41, 5.74) is 2.81. The number of fused-ring (bicyclic) bond motifs is 1. The van der Waals surface area contributed by atoms with E-state index in [0.717, 1.165) is 54.8 Å². The number of thiazole rings is 1. The first-order valence-corrected chi connectivity index (χ1v) is 8.66. The average Bonchev–Trinajstić information content (AvgIpc) is 3.01. The molecule has 1 aliphatic heterocycles. The van der Waals surface area contributed by atoms with Crippen molar-refractivity contribution in [3.05, 3.63) is 57.8 Å². The first-order chi connectivity index (χ1) is 11.3. The molecule has 2 aromatic heterocycles. The molecule has 0 saturated carbocycles. The van der Waals surface area contributed by atoms with Crippen LogP contribution in [0.3, 0.4) is 0 Å². The fourth-order valence-corrected chi connectivity index (χ4v) is 3.88. The van der Waals surface area contributed by atoms with Gasteiger partial charge in [-0.1, -0.05) is 30.3 Å². The van der Waals surface area contributed by atoms with Crippen molar-refractivity contribution in [3.63, 3.8) is 0 Å². The third kappa shape index (κ3) is 2.93. The van der Waals surface area contributed by atoms with Crippen LogP contribution in [0.15, 0.2) is 46.6 Å². The van der Waals surface area contributed by atoms with Crippen molar-refractivity contribution in [3.8, 4) is 11.3 Å². The van der Waals surface area contributed by atoms with E-state index in [1.54, 1.807) is 10.5 Å². The monoisotopic (exact) mass is 328 g/mol. The van der Waals surface area contributed by atoms with Gasteiger partial charge in [-0.2, -0.15) is 0 Å². The van der Waals surface area contributed by atoms with Crippen LogP contribution in [0.5, 0.6) is 0 Å². The number of nitrogens with one attached hydrogen (secondary N) is 1. The van der Waals surface area contributed by atoms with Gasteiger partial charge in [0.2, 0.25) is 0 Å². The minimum atomic E-state index is -0.00207. The quantitative estimate of drug-likeness (QED) is 0.775. The van der Waals surface area contributed by atoms with Crippen molar-refractivity contribution in [2.75, 3.05) is 26.3 Å². The molecule has 0 radical (unpaired) electrons. The molecule has 5 nitrogen and oxygen atoms in total. The van der Waals surface area contributed by atoms with Crippen LogP contribution in [0.4, 0.5) is 0 Å². The van der Waals surface area contributed by atoms with Gasteiger partial charge in [0.25, 0.3) is 5.56 Å². The normalized spacial score (nSPS) is 16.0. The largest absolute Gasteiger partial charge is 0.370 e. The van der Waals surface area contributed by atoms with Crippen LogP contribution in [-0.2, 0) is 11.3 Å². The molecule has 0 amide bonds. The zero-order chi connectivity index (χ0) is 15.6. The number of hydrogen-bond donors (Lipinski definition) is 1. The minimum absolute atomic E-state index is 0.00207. The molecule has 0 spiro atoms. The Morgan fingerprint density at radius 1 is 1.22 bits per heavy atom. The molecule has 4 rings (SSSR count). The van der Waals surface area contributed by atoms with Gasteiger partial charge in [-0.15, -0.1) is 11.3 Å². The minimum Gasteiger partial charge on any atom is -0.370 e. The zero-order valence-electron chi connectivity index (χ0n) is 12.7. The van der Waals surface area contributed by atoms with E-state index in [4.69, 9.17) is 9.72 Å². The summed E-state index contributed by atoms with van der Waals surface area (Å²) in [5.74, 6) is 0. The van der Waals surface area contributed by atoms with Gasteiger partial charge in [-0.3, -0.25) is 9.20 Å². The Hall–Kier alpha value is -2.02. The fraction of sp³-hybridized carbons (Fsp3) is 0.294. The molecule has 3 heterocycles. The average molecular weight is 328 g/mol. The van der Waals surface area contributed by atoms with E-state index in [9.17, 15) is 4.79 Å². The molecule has 118 valence electrons. The second kappa shape index (κ2) is 6.23. The van der Waals surface area contributed by atoms with Gasteiger partial charge in [-0.05, 0) is 5.56 Å². The molecule has 0 bridgehead atoms. The number of rotatable bonds is 3. The van der Waals surface area contributed by atoms with Gasteiger partial charge in [0, 0.05) is 11.4 Å². The van der Waals surface area contributed by atoms with E-state index in [1.807, 2.05) is 35.7 Å². The Balaban J connectivity index is 1.71. The molecular formula is C17H18N3O2S+. The third-order valence-corrected chi connectivity index (χ3v) is 4.98. The number of quaternary nitrogens is 1. The van der Waals surface area contributed by atoms with Crippen molar-refractivity contribution in [1.82, 2.24) is 9.38 Å². The molecule has 1 aromatic carbocycles. The van der Waals surface area contributed by atoms with Crippen LogP contribution in [-0.4, -0.2) is 35.7 Å². The Kier molecular flexibility index (Phi) is 3.95. The second-order valence-corrected chi connectivity index (χ2v) is 6.57. The highest BCUT2D eigenvalue weighted by molar-refractivity contribution is 7.15. The molecule has 1 fully saturated rings. The van der Waals surface area contributed by atoms with E-state index in [1.165, 1.54) is 16.2 Å². The lowest BCUT2D eigenvalue weighted by Gasteiger charge is -2.23. The number of morpholine rings is 1. The summed E-state index contributed by atoms with van der Waals surface area (Å²) in [6.45, 7) is 4.30. The number of hydrogen-bond acceptors (Lipinski definition) is 4. The van der Waals surface area contributed by atoms with Gasteiger partial charge in [0.05, 0.1) is 18.9 Å². The molecule has 0 unspecified atom stereocenters. The molecule has 6 heteroatoms. The smallest absolute Gasteiger partial charge is 0.259 e. The number of aromatic nitrogens is 2.